The number of nitrogen functional groups attached to an aromatic ring is 1. The Morgan fingerprint density at radius 2 is 2.30 bits per heavy atom. The van der Waals surface area contributed by atoms with Crippen molar-refractivity contribution in [1.82, 2.24) is 5.32 Å². The van der Waals surface area contributed by atoms with Gasteiger partial charge in [-0.2, -0.15) is 0 Å². The normalized spacial score (nSPS) is 17.6. The van der Waals surface area contributed by atoms with E-state index in [1.807, 2.05) is 30.0 Å². The molecule has 0 bridgehead atoms. The number of carbonyl (C=O) groups is 1. The maximum Gasteiger partial charge on any atom is 0.239 e. The molecule has 1 unspecified atom stereocenters. The lowest BCUT2D eigenvalue weighted by Gasteiger charge is -2.34. The Kier molecular flexibility index (Phi) is 4.37. The number of nitrogens with two attached hydrogens (primary N) is 1. The molecule has 3 N–H and O–H groups in total. The van der Waals surface area contributed by atoms with Crippen LogP contribution in [0.4, 0.5) is 11.4 Å². The Morgan fingerprint density at radius 3 is 3.00 bits per heavy atom. The molecule has 2 rings (SSSR count). The van der Waals surface area contributed by atoms with E-state index in [4.69, 9.17) is 10.5 Å². The molecule has 1 aliphatic heterocycles. The Balaban J connectivity index is 2.08. The summed E-state index contributed by atoms with van der Waals surface area (Å²) in [6.45, 7) is 7.86. The molecule has 110 valence electrons. The summed E-state index contributed by atoms with van der Waals surface area (Å²) in [5.41, 5.74) is 7.39. The quantitative estimate of drug-likeness (QED) is 0.821. The summed E-state index contributed by atoms with van der Waals surface area (Å²) in [6, 6.07) is 5.53. The fraction of sp³-hybridized carbons (Fsp3) is 0.533. The van der Waals surface area contributed by atoms with Crippen molar-refractivity contribution in [2.75, 3.05) is 30.3 Å². The molecule has 0 radical (unpaired) electrons. The van der Waals surface area contributed by atoms with Crippen molar-refractivity contribution in [1.29, 1.82) is 0 Å². The maximum absolute atomic E-state index is 12.0. The average Bonchev–Trinajstić information content (AvgIpc) is 2.37. The van der Waals surface area contributed by atoms with Crippen LogP contribution < -0.4 is 20.7 Å². The van der Waals surface area contributed by atoms with Gasteiger partial charge in [0.1, 0.15) is 11.9 Å². The molecule has 5 nitrogen and oxygen atoms in total. The minimum Gasteiger partial charge on any atom is -0.487 e. The van der Waals surface area contributed by atoms with E-state index in [0.717, 1.165) is 11.4 Å². The van der Waals surface area contributed by atoms with Gasteiger partial charge in [-0.3, -0.25) is 4.79 Å². The summed E-state index contributed by atoms with van der Waals surface area (Å²) in [5.74, 6) is 1.27. The van der Waals surface area contributed by atoms with E-state index in [0.29, 0.717) is 31.2 Å². The molecule has 5 heteroatoms. The molecule has 0 saturated carbocycles. The molecule has 1 amide bonds. The summed E-state index contributed by atoms with van der Waals surface area (Å²) >= 11 is 0. The number of amides is 1. The SMILES string of the molecule is CC(C)CNC(=O)CN1CC(C)Oc2ccc(N)cc21. The summed E-state index contributed by atoms with van der Waals surface area (Å²) < 4.78 is 5.77. The smallest absolute Gasteiger partial charge is 0.239 e. The first-order valence-corrected chi connectivity index (χ1v) is 7.03. The molecule has 1 aliphatic rings. The number of hydrogen-bond acceptors (Lipinski definition) is 4. The zero-order valence-corrected chi connectivity index (χ0v) is 12.3. The fourth-order valence-corrected chi connectivity index (χ4v) is 2.24. The predicted molar refractivity (Wildman–Crippen MR) is 81.0 cm³/mol. The standard InChI is InChI=1S/C15H23N3O2/c1-10(2)7-17-15(19)9-18-8-11(3)20-14-5-4-12(16)6-13(14)18/h4-6,10-11H,7-9,16H2,1-3H3,(H,17,19). The molecule has 1 aromatic rings. The number of rotatable bonds is 4. The molecule has 20 heavy (non-hydrogen) atoms. The van der Waals surface area contributed by atoms with Crippen LogP contribution in [0.2, 0.25) is 0 Å². The number of hydrogen-bond donors (Lipinski definition) is 2. The number of nitrogens with zero attached hydrogens (tertiary/aromatic N) is 1. The van der Waals surface area contributed by atoms with E-state index in [9.17, 15) is 4.79 Å². The van der Waals surface area contributed by atoms with E-state index in [2.05, 4.69) is 19.2 Å². The molecule has 1 heterocycles. The van der Waals surface area contributed by atoms with E-state index < -0.39 is 0 Å². The lowest BCUT2D eigenvalue weighted by atomic mass is 10.1. The van der Waals surface area contributed by atoms with Crippen LogP contribution in [0.1, 0.15) is 20.8 Å². The van der Waals surface area contributed by atoms with E-state index >= 15 is 0 Å². The van der Waals surface area contributed by atoms with Crippen LogP contribution in [0, 0.1) is 5.92 Å². The van der Waals surface area contributed by atoms with Crippen LogP contribution in [0.5, 0.6) is 5.75 Å². The van der Waals surface area contributed by atoms with Gasteiger partial charge in [-0.25, -0.2) is 0 Å². The van der Waals surface area contributed by atoms with Gasteiger partial charge in [0.25, 0.3) is 0 Å². The van der Waals surface area contributed by atoms with Crippen molar-refractivity contribution in [3.63, 3.8) is 0 Å². The zero-order chi connectivity index (χ0) is 14.7. The summed E-state index contributed by atoms with van der Waals surface area (Å²) in [4.78, 5) is 14.0. The predicted octanol–water partition coefficient (Wildman–Crippen LogP) is 1.63. The largest absolute Gasteiger partial charge is 0.487 e. The Morgan fingerprint density at radius 1 is 1.55 bits per heavy atom. The van der Waals surface area contributed by atoms with Gasteiger partial charge in [-0.1, -0.05) is 13.8 Å². The summed E-state index contributed by atoms with van der Waals surface area (Å²) in [5, 5.41) is 2.94. The zero-order valence-electron chi connectivity index (χ0n) is 12.3. The van der Waals surface area contributed by atoms with E-state index in [1.54, 1.807) is 0 Å². The number of carbonyl (C=O) groups excluding carboxylic acids is 1. The number of anilines is 2. The van der Waals surface area contributed by atoms with Gasteiger partial charge in [0.2, 0.25) is 5.91 Å². The molecule has 0 saturated heterocycles. The third-order valence-electron chi connectivity index (χ3n) is 3.17. The third-order valence-corrected chi connectivity index (χ3v) is 3.17. The maximum atomic E-state index is 12.0. The van der Waals surface area contributed by atoms with E-state index in [-0.39, 0.29) is 12.0 Å². The van der Waals surface area contributed by atoms with Crippen LogP contribution in [0.3, 0.4) is 0 Å². The highest BCUT2D eigenvalue weighted by Crippen LogP contribution is 2.34. The Hall–Kier alpha value is -1.91. The monoisotopic (exact) mass is 277 g/mol. The molecular formula is C15H23N3O2. The molecular weight excluding hydrogens is 254 g/mol. The van der Waals surface area contributed by atoms with Gasteiger partial charge >= 0.3 is 0 Å². The van der Waals surface area contributed by atoms with Crippen molar-refractivity contribution in [3.05, 3.63) is 18.2 Å². The number of benzene rings is 1. The first-order chi connectivity index (χ1) is 9.45. The number of fused-ring (bicyclic) bond motifs is 1. The van der Waals surface area contributed by atoms with Crippen molar-refractivity contribution < 1.29 is 9.53 Å². The highest BCUT2D eigenvalue weighted by molar-refractivity contribution is 5.82. The lowest BCUT2D eigenvalue weighted by molar-refractivity contribution is -0.120. The number of ether oxygens (including phenoxy) is 1. The van der Waals surface area contributed by atoms with Crippen LogP contribution in [-0.2, 0) is 4.79 Å². The van der Waals surface area contributed by atoms with Crippen molar-refractivity contribution in [3.8, 4) is 5.75 Å². The van der Waals surface area contributed by atoms with Crippen molar-refractivity contribution in [2.24, 2.45) is 5.92 Å². The highest BCUT2D eigenvalue weighted by atomic mass is 16.5. The molecule has 1 aromatic carbocycles. The first-order valence-electron chi connectivity index (χ1n) is 7.03. The average molecular weight is 277 g/mol. The van der Waals surface area contributed by atoms with Gasteiger partial charge in [-0.05, 0) is 31.0 Å². The summed E-state index contributed by atoms with van der Waals surface area (Å²) in [7, 11) is 0. The summed E-state index contributed by atoms with van der Waals surface area (Å²) in [6.07, 6.45) is 0.0593. The first kappa shape index (κ1) is 14.5. The Bertz CT molecular complexity index is 488. The van der Waals surface area contributed by atoms with Crippen LogP contribution in [0.15, 0.2) is 18.2 Å². The minimum atomic E-state index is 0.0289. The number of nitrogens with one attached hydrogen (secondary N) is 1. The van der Waals surface area contributed by atoms with E-state index in [1.165, 1.54) is 0 Å². The van der Waals surface area contributed by atoms with Crippen LogP contribution >= 0.6 is 0 Å². The van der Waals surface area contributed by atoms with Crippen molar-refractivity contribution in [2.45, 2.75) is 26.9 Å². The van der Waals surface area contributed by atoms with Gasteiger partial charge in [0.15, 0.2) is 0 Å². The highest BCUT2D eigenvalue weighted by Gasteiger charge is 2.24. The second-order valence-corrected chi connectivity index (χ2v) is 5.73. The molecule has 0 aliphatic carbocycles. The molecule has 0 spiro atoms. The van der Waals surface area contributed by atoms with Gasteiger partial charge < -0.3 is 20.7 Å². The Labute approximate surface area is 120 Å². The minimum absolute atomic E-state index is 0.0289. The topological polar surface area (TPSA) is 67.6 Å². The van der Waals surface area contributed by atoms with Crippen LogP contribution in [-0.4, -0.2) is 31.6 Å². The van der Waals surface area contributed by atoms with Gasteiger partial charge in [0.05, 0.1) is 18.8 Å². The fourth-order valence-electron chi connectivity index (χ4n) is 2.24. The lowest BCUT2D eigenvalue weighted by Crippen LogP contribution is -2.44. The molecule has 0 aromatic heterocycles. The second-order valence-electron chi connectivity index (χ2n) is 5.73. The van der Waals surface area contributed by atoms with Gasteiger partial charge in [-0.15, -0.1) is 0 Å². The van der Waals surface area contributed by atoms with Crippen LogP contribution in [0.25, 0.3) is 0 Å². The molecule has 0 fully saturated rings. The van der Waals surface area contributed by atoms with Crippen molar-refractivity contribution >= 4 is 17.3 Å². The second kappa shape index (κ2) is 6.03. The third kappa shape index (κ3) is 3.56. The van der Waals surface area contributed by atoms with Gasteiger partial charge in [0, 0.05) is 12.2 Å². The molecule has 1 atom stereocenters.